The lowest BCUT2D eigenvalue weighted by atomic mass is 9.81. The number of sulfonamides is 1. The number of carbonyl (C=O) groups excluding carboxylic acids is 1. The van der Waals surface area contributed by atoms with Crippen molar-refractivity contribution in [1.29, 1.82) is 0 Å². The number of Topliss-reactive ketones (excluding diaryl/α,β-unsaturated/α-hetero) is 1. The van der Waals surface area contributed by atoms with E-state index in [-0.39, 0.29) is 18.7 Å². The van der Waals surface area contributed by atoms with Gasteiger partial charge < -0.3 is 14.5 Å². The molecule has 0 bridgehead atoms. The van der Waals surface area contributed by atoms with Crippen LogP contribution >= 0.6 is 0 Å². The monoisotopic (exact) mass is 561 g/mol. The summed E-state index contributed by atoms with van der Waals surface area (Å²) >= 11 is 0. The van der Waals surface area contributed by atoms with Crippen molar-refractivity contribution in [3.8, 4) is 5.75 Å². The van der Waals surface area contributed by atoms with Gasteiger partial charge in [0.1, 0.15) is 11.5 Å². The summed E-state index contributed by atoms with van der Waals surface area (Å²) in [5.74, 6) is 2.17. The standard InChI is InChI=1S/C31H51N3O4S/c1-24-21-30(38-4)22-25(2)31(24)39(36,37)32(3)17-14-29(35)23-27-7-9-28(10-8-27)34-19-12-26(13-20-34)11-18-33-15-5-6-16-33/h21-22,26-28H,5-20,23H2,1-4H3. The van der Waals surface area contributed by atoms with Crippen LogP contribution in [-0.4, -0.2) is 87.8 Å². The van der Waals surface area contributed by atoms with Crippen molar-refractivity contribution < 1.29 is 17.9 Å². The molecule has 0 amide bonds. The van der Waals surface area contributed by atoms with Gasteiger partial charge in [-0.05, 0) is 139 Å². The number of carbonyl (C=O) groups is 1. The van der Waals surface area contributed by atoms with E-state index >= 15 is 0 Å². The Morgan fingerprint density at radius 2 is 1.56 bits per heavy atom. The second-order valence-corrected chi connectivity index (χ2v) is 14.4. The second-order valence-electron chi connectivity index (χ2n) is 12.4. The van der Waals surface area contributed by atoms with Crippen LogP contribution in [-0.2, 0) is 14.8 Å². The highest BCUT2D eigenvalue weighted by Crippen LogP contribution is 2.33. The van der Waals surface area contributed by atoms with Crippen molar-refractivity contribution in [3.05, 3.63) is 23.3 Å². The van der Waals surface area contributed by atoms with Crippen LogP contribution in [0.25, 0.3) is 0 Å². The molecule has 220 valence electrons. The molecule has 0 aromatic heterocycles. The molecule has 0 atom stereocenters. The number of nitrogens with zero attached hydrogens (tertiary/aromatic N) is 3. The summed E-state index contributed by atoms with van der Waals surface area (Å²) in [6.45, 7) is 10.2. The summed E-state index contributed by atoms with van der Waals surface area (Å²) in [4.78, 5) is 18.5. The van der Waals surface area contributed by atoms with Gasteiger partial charge in [-0.15, -0.1) is 0 Å². The molecule has 2 heterocycles. The summed E-state index contributed by atoms with van der Waals surface area (Å²) in [5, 5.41) is 0. The maximum Gasteiger partial charge on any atom is 0.243 e. The number of hydrogen-bond acceptors (Lipinski definition) is 6. The topological polar surface area (TPSA) is 70.2 Å². The van der Waals surface area contributed by atoms with Gasteiger partial charge in [0, 0.05) is 32.5 Å². The van der Waals surface area contributed by atoms with Crippen molar-refractivity contribution in [3.63, 3.8) is 0 Å². The van der Waals surface area contributed by atoms with Crippen LogP contribution in [0.15, 0.2) is 17.0 Å². The van der Waals surface area contributed by atoms with Gasteiger partial charge in [-0.1, -0.05) is 0 Å². The molecule has 0 spiro atoms. The summed E-state index contributed by atoms with van der Waals surface area (Å²) in [5.41, 5.74) is 1.32. The highest BCUT2D eigenvalue weighted by molar-refractivity contribution is 7.89. The first-order chi connectivity index (χ1) is 18.7. The van der Waals surface area contributed by atoms with Gasteiger partial charge in [-0.2, -0.15) is 0 Å². The van der Waals surface area contributed by atoms with E-state index in [0.29, 0.717) is 40.2 Å². The predicted molar refractivity (Wildman–Crippen MR) is 157 cm³/mol. The Bertz CT molecular complexity index is 1030. The molecular formula is C31H51N3O4S. The van der Waals surface area contributed by atoms with Gasteiger partial charge >= 0.3 is 0 Å². The van der Waals surface area contributed by atoms with E-state index in [4.69, 9.17) is 4.74 Å². The SMILES string of the molecule is COc1cc(C)c(S(=O)(=O)N(C)CCC(=O)CC2CCC(N3CCC(CCN4CCCC4)CC3)CC2)c(C)c1. The van der Waals surface area contributed by atoms with Crippen LogP contribution in [0.3, 0.4) is 0 Å². The Kier molecular flexibility index (Phi) is 10.9. The molecule has 1 aromatic carbocycles. The Hall–Kier alpha value is -1.48. The van der Waals surface area contributed by atoms with E-state index in [1.54, 1.807) is 40.1 Å². The number of hydrogen-bond donors (Lipinski definition) is 0. The van der Waals surface area contributed by atoms with Gasteiger partial charge in [-0.3, -0.25) is 4.79 Å². The lowest BCUT2D eigenvalue weighted by Gasteiger charge is -2.41. The minimum Gasteiger partial charge on any atom is -0.497 e. The number of ether oxygens (including phenoxy) is 1. The number of benzene rings is 1. The van der Waals surface area contributed by atoms with Gasteiger partial charge in [0.2, 0.25) is 10.0 Å². The van der Waals surface area contributed by atoms with Gasteiger partial charge in [0.05, 0.1) is 12.0 Å². The lowest BCUT2D eigenvalue weighted by molar-refractivity contribution is -0.120. The highest BCUT2D eigenvalue weighted by atomic mass is 32.2. The van der Waals surface area contributed by atoms with Crippen molar-refractivity contribution in [2.75, 3.05) is 53.4 Å². The quantitative estimate of drug-likeness (QED) is 0.356. The Balaban J connectivity index is 1.15. The van der Waals surface area contributed by atoms with E-state index < -0.39 is 10.0 Å². The first-order valence-electron chi connectivity index (χ1n) is 15.3. The first kappa shape index (κ1) is 30.5. The van der Waals surface area contributed by atoms with Gasteiger partial charge in [0.25, 0.3) is 0 Å². The van der Waals surface area contributed by atoms with E-state index in [0.717, 1.165) is 18.8 Å². The lowest BCUT2D eigenvalue weighted by Crippen LogP contribution is -2.43. The summed E-state index contributed by atoms with van der Waals surface area (Å²) in [7, 11) is -0.517. The predicted octanol–water partition coefficient (Wildman–Crippen LogP) is 5.04. The molecule has 8 heteroatoms. The van der Waals surface area contributed by atoms with Crippen LogP contribution < -0.4 is 4.74 Å². The molecule has 1 aliphatic carbocycles. The Labute approximate surface area is 237 Å². The molecule has 1 saturated carbocycles. The molecule has 3 fully saturated rings. The van der Waals surface area contributed by atoms with Crippen molar-refractivity contribution in [2.45, 2.75) is 95.4 Å². The zero-order valence-electron chi connectivity index (χ0n) is 24.8. The van der Waals surface area contributed by atoms with Gasteiger partial charge in [-0.25, -0.2) is 12.7 Å². The molecule has 1 aromatic rings. The van der Waals surface area contributed by atoms with Crippen LogP contribution in [0.4, 0.5) is 0 Å². The molecule has 2 saturated heterocycles. The van der Waals surface area contributed by atoms with Crippen molar-refractivity contribution in [2.24, 2.45) is 11.8 Å². The largest absolute Gasteiger partial charge is 0.497 e. The van der Waals surface area contributed by atoms with Crippen LogP contribution in [0.5, 0.6) is 5.75 Å². The van der Waals surface area contributed by atoms with Crippen LogP contribution in [0.1, 0.15) is 81.8 Å². The van der Waals surface area contributed by atoms with E-state index in [1.807, 2.05) is 0 Å². The zero-order chi connectivity index (χ0) is 28.0. The van der Waals surface area contributed by atoms with Crippen molar-refractivity contribution >= 4 is 15.8 Å². The average Bonchev–Trinajstić information content (AvgIpc) is 3.44. The number of ketones is 1. The van der Waals surface area contributed by atoms with E-state index in [2.05, 4.69) is 9.80 Å². The number of likely N-dealkylation sites (tertiary alicyclic amines) is 2. The van der Waals surface area contributed by atoms with Gasteiger partial charge in [0.15, 0.2) is 0 Å². The van der Waals surface area contributed by atoms with Crippen molar-refractivity contribution in [1.82, 2.24) is 14.1 Å². The number of rotatable bonds is 12. The first-order valence-corrected chi connectivity index (χ1v) is 16.7. The molecule has 2 aliphatic heterocycles. The molecule has 7 nitrogen and oxygen atoms in total. The smallest absolute Gasteiger partial charge is 0.243 e. The third kappa shape index (κ3) is 8.05. The average molecular weight is 562 g/mol. The normalized spacial score (nSPS) is 23.9. The fraction of sp³-hybridized carbons (Fsp3) is 0.774. The summed E-state index contributed by atoms with van der Waals surface area (Å²) in [6.07, 6.45) is 12.3. The fourth-order valence-electron chi connectivity index (χ4n) is 7.11. The minimum absolute atomic E-state index is 0.183. The molecule has 3 aliphatic rings. The van der Waals surface area contributed by atoms with Crippen LogP contribution in [0, 0.1) is 25.7 Å². The molecule has 4 rings (SSSR count). The molecule has 39 heavy (non-hydrogen) atoms. The third-order valence-electron chi connectivity index (χ3n) is 9.59. The molecule has 0 N–H and O–H groups in total. The number of aryl methyl sites for hydroxylation is 2. The van der Waals surface area contributed by atoms with Crippen LogP contribution in [0.2, 0.25) is 0 Å². The molecular weight excluding hydrogens is 510 g/mol. The zero-order valence-corrected chi connectivity index (χ0v) is 25.6. The number of methoxy groups -OCH3 is 1. The highest BCUT2D eigenvalue weighted by Gasteiger charge is 2.31. The fourth-order valence-corrected chi connectivity index (χ4v) is 8.68. The third-order valence-corrected chi connectivity index (χ3v) is 11.8. The summed E-state index contributed by atoms with van der Waals surface area (Å²) in [6, 6.07) is 4.17. The summed E-state index contributed by atoms with van der Waals surface area (Å²) < 4.78 is 33.1. The maximum atomic E-state index is 13.2. The molecule has 0 radical (unpaired) electrons. The number of piperidine rings is 1. The Morgan fingerprint density at radius 1 is 0.949 bits per heavy atom. The minimum atomic E-state index is -3.67. The maximum absolute atomic E-state index is 13.2. The molecule has 0 unspecified atom stereocenters. The van der Waals surface area contributed by atoms with E-state index in [1.165, 1.54) is 82.0 Å². The van der Waals surface area contributed by atoms with E-state index in [9.17, 15) is 13.2 Å². The second kappa shape index (κ2) is 13.9. The Morgan fingerprint density at radius 3 is 2.15 bits per heavy atom.